The van der Waals surface area contributed by atoms with Crippen molar-refractivity contribution in [1.29, 1.82) is 0 Å². The number of carbonyl (C=O) groups excluding carboxylic acids is 2. The maximum Gasteiger partial charge on any atom is 0.273 e. The van der Waals surface area contributed by atoms with Crippen LogP contribution in [0.5, 0.6) is 0 Å². The number of benzene rings is 1. The second kappa shape index (κ2) is 7.23. The average Bonchev–Trinajstić information content (AvgIpc) is 3.05. The van der Waals surface area contributed by atoms with Gasteiger partial charge in [0.25, 0.3) is 5.91 Å². The van der Waals surface area contributed by atoms with Gasteiger partial charge in [-0.15, -0.1) is 0 Å². The van der Waals surface area contributed by atoms with Crippen LogP contribution in [0.25, 0.3) is 10.9 Å². The molecular formula is C18H25N5O2. The highest BCUT2D eigenvalue weighted by molar-refractivity contribution is 6.05. The van der Waals surface area contributed by atoms with Crippen molar-refractivity contribution in [2.45, 2.75) is 38.8 Å². The van der Waals surface area contributed by atoms with Crippen molar-refractivity contribution in [3.63, 3.8) is 0 Å². The highest BCUT2D eigenvalue weighted by atomic mass is 16.2. The van der Waals surface area contributed by atoms with Crippen LogP contribution >= 0.6 is 0 Å². The number of fused-ring (bicyclic) bond motifs is 1. The van der Waals surface area contributed by atoms with E-state index < -0.39 is 6.04 Å². The van der Waals surface area contributed by atoms with Gasteiger partial charge in [0, 0.05) is 24.5 Å². The zero-order chi connectivity index (χ0) is 18.0. The third-order valence-electron chi connectivity index (χ3n) is 4.94. The molecule has 3 unspecified atom stereocenters. The molecule has 0 bridgehead atoms. The molecule has 0 aliphatic carbocycles. The van der Waals surface area contributed by atoms with Gasteiger partial charge in [-0.3, -0.25) is 14.7 Å². The van der Waals surface area contributed by atoms with Crippen molar-refractivity contribution in [3.05, 3.63) is 30.0 Å². The first kappa shape index (κ1) is 17.4. The summed E-state index contributed by atoms with van der Waals surface area (Å²) in [6, 6.07) is 6.83. The highest BCUT2D eigenvalue weighted by Gasteiger charge is 2.32. The number of amides is 2. The molecule has 3 atom stereocenters. The van der Waals surface area contributed by atoms with E-state index in [1.54, 1.807) is 6.92 Å². The lowest BCUT2D eigenvalue weighted by molar-refractivity contribution is -0.136. The molecule has 1 aliphatic heterocycles. The lowest BCUT2D eigenvalue weighted by atomic mass is 9.92. The Hall–Kier alpha value is -2.41. The largest absolute Gasteiger partial charge is 0.339 e. The number of hydrogen-bond acceptors (Lipinski definition) is 4. The predicted octanol–water partition coefficient (Wildman–Crippen LogP) is 1.27. The number of nitrogens with two attached hydrogens (primary N) is 1. The Morgan fingerprint density at radius 3 is 2.96 bits per heavy atom. The number of piperidine rings is 1. The van der Waals surface area contributed by atoms with Crippen molar-refractivity contribution in [3.8, 4) is 0 Å². The minimum absolute atomic E-state index is 0.0433. The molecule has 7 heteroatoms. The van der Waals surface area contributed by atoms with Gasteiger partial charge in [0.2, 0.25) is 5.91 Å². The Morgan fingerprint density at radius 1 is 1.44 bits per heavy atom. The highest BCUT2D eigenvalue weighted by Crippen LogP contribution is 2.22. The van der Waals surface area contributed by atoms with E-state index in [0.717, 1.165) is 23.7 Å². The lowest BCUT2D eigenvalue weighted by Crippen LogP contribution is -2.55. The summed E-state index contributed by atoms with van der Waals surface area (Å²) in [4.78, 5) is 27.1. The van der Waals surface area contributed by atoms with Crippen molar-refractivity contribution < 1.29 is 9.59 Å². The van der Waals surface area contributed by atoms with E-state index in [4.69, 9.17) is 5.73 Å². The fourth-order valence-electron chi connectivity index (χ4n) is 3.48. The first-order valence-electron chi connectivity index (χ1n) is 8.75. The minimum atomic E-state index is -0.620. The third-order valence-corrected chi connectivity index (χ3v) is 4.94. The molecule has 134 valence electrons. The first-order chi connectivity index (χ1) is 12.0. The normalized spacial score (nSPS) is 22.0. The summed E-state index contributed by atoms with van der Waals surface area (Å²) in [6.45, 7) is 5.02. The summed E-state index contributed by atoms with van der Waals surface area (Å²) in [6.07, 6.45) is 1.87. The Kier molecular flexibility index (Phi) is 5.03. The summed E-state index contributed by atoms with van der Waals surface area (Å²) >= 11 is 0. The van der Waals surface area contributed by atoms with Crippen LogP contribution < -0.4 is 11.1 Å². The number of nitrogens with one attached hydrogen (secondary N) is 2. The number of H-pyrrole nitrogens is 1. The number of nitrogens with zero attached hydrogens (tertiary/aromatic N) is 2. The summed E-state index contributed by atoms with van der Waals surface area (Å²) < 4.78 is 0. The molecule has 2 heterocycles. The smallest absolute Gasteiger partial charge is 0.273 e. The molecule has 0 spiro atoms. The monoisotopic (exact) mass is 343 g/mol. The van der Waals surface area contributed by atoms with Gasteiger partial charge < -0.3 is 16.0 Å². The fourth-order valence-corrected chi connectivity index (χ4v) is 3.48. The van der Waals surface area contributed by atoms with Crippen LogP contribution in [0, 0.1) is 5.92 Å². The van der Waals surface area contributed by atoms with Crippen LogP contribution in [0.4, 0.5) is 0 Å². The third kappa shape index (κ3) is 3.51. The first-order valence-corrected chi connectivity index (χ1v) is 8.75. The molecule has 0 radical (unpaired) electrons. The molecule has 25 heavy (non-hydrogen) atoms. The minimum Gasteiger partial charge on any atom is -0.339 e. The fraction of sp³-hybridized carbons (Fsp3) is 0.500. The van der Waals surface area contributed by atoms with E-state index in [2.05, 4.69) is 22.4 Å². The lowest BCUT2D eigenvalue weighted by Gasteiger charge is -2.39. The number of aromatic amines is 1. The van der Waals surface area contributed by atoms with Gasteiger partial charge in [0.15, 0.2) is 5.69 Å². The maximum atomic E-state index is 12.8. The van der Waals surface area contributed by atoms with Crippen LogP contribution in [-0.2, 0) is 4.79 Å². The second-order valence-electron chi connectivity index (χ2n) is 6.86. The van der Waals surface area contributed by atoms with E-state index in [1.165, 1.54) is 0 Å². The molecule has 1 aromatic carbocycles. The summed E-state index contributed by atoms with van der Waals surface area (Å²) in [5.74, 6) is 0.126. The van der Waals surface area contributed by atoms with Crippen molar-refractivity contribution in [2.24, 2.45) is 11.7 Å². The molecule has 2 amide bonds. The van der Waals surface area contributed by atoms with Crippen molar-refractivity contribution in [2.75, 3.05) is 13.1 Å². The second-order valence-corrected chi connectivity index (χ2v) is 6.86. The SMILES string of the molecule is CC1CCN(C(=O)C(C)NC(=O)c2n[nH]c3ccccc23)C(CN)C1. The molecular weight excluding hydrogens is 318 g/mol. The standard InChI is InChI=1S/C18H25N5O2/c1-11-7-8-23(13(9-11)10-19)18(25)12(2)20-17(24)16-14-5-3-4-6-15(14)21-22-16/h3-6,11-13H,7-10,19H2,1-2H3,(H,20,24)(H,21,22). The van der Waals surface area contributed by atoms with Gasteiger partial charge in [-0.2, -0.15) is 5.10 Å². The number of hydrogen-bond donors (Lipinski definition) is 3. The predicted molar refractivity (Wildman–Crippen MR) is 96.0 cm³/mol. The summed E-state index contributed by atoms with van der Waals surface area (Å²) in [7, 11) is 0. The molecule has 1 saturated heterocycles. The number of para-hydroxylation sites is 1. The molecule has 1 fully saturated rings. The van der Waals surface area contributed by atoms with Crippen LogP contribution in [0.3, 0.4) is 0 Å². The molecule has 1 aromatic heterocycles. The van der Waals surface area contributed by atoms with Crippen LogP contribution in [0.1, 0.15) is 37.2 Å². The summed E-state index contributed by atoms with van der Waals surface area (Å²) in [5, 5.41) is 10.4. The van der Waals surface area contributed by atoms with E-state index in [9.17, 15) is 9.59 Å². The van der Waals surface area contributed by atoms with E-state index in [0.29, 0.717) is 24.7 Å². The zero-order valence-corrected chi connectivity index (χ0v) is 14.7. The van der Waals surface area contributed by atoms with E-state index in [1.807, 2.05) is 29.2 Å². The molecule has 7 nitrogen and oxygen atoms in total. The Morgan fingerprint density at radius 2 is 2.20 bits per heavy atom. The van der Waals surface area contributed by atoms with Crippen molar-refractivity contribution >= 4 is 22.7 Å². The zero-order valence-electron chi connectivity index (χ0n) is 14.7. The van der Waals surface area contributed by atoms with Gasteiger partial charge in [0.1, 0.15) is 6.04 Å². The van der Waals surface area contributed by atoms with Crippen molar-refractivity contribution in [1.82, 2.24) is 20.4 Å². The number of likely N-dealkylation sites (tertiary alicyclic amines) is 1. The van der Waals surface area contributed by atoms with Gasteiger partial charge in [-0.1, -0.05) is 25.1 Å². The molecule has 3 rings (SSSR count). The molecule has 0 saturated carbocycles. The van der Waals surface area contributed by atoms with E-state index >= 15 is 0 Å². The Labute approximate surface area is 146 Å². The maximum absolute atomic E-state index is 12.8. The summed E-state index contributed by atoms with van der Waals surface area (Å²) in [5.41, 5.74) is 6.93. The molecule has 1 aliphatic rings. The van der Waals surface area contributed by atoms with Gasteiger partial charge in [0.05, 0.1) is 5.52 Å². The van der Waals surface area contributed by atoms with Crippen LogP contribution in [-0.4, -0.2) is 52.1 Å². The topological polar surface area (TPSA) is 104 Å². The van der Waals surface area contributed by atoms with Gasteiger partial charge in [-0.25, -0.2) is 0 Å². The van der Waals surface area contributed by atoms with Crippen LogP contribution in [0.2, 0.25) is 0 Å². The average molecular weight is 343 g/mol. The molecule has 4 N–H and O–H groups in total. The number of rotatable bonds is 4. The Balaban J connectivity index is 1.69. The van der Waals surface area contributed by atoms with E-state index in [-0.39, 0.29) is 17.9 Å². The number of carbonyl (C=O) groups is 2. The van der Waals surface area contributed by atoms with Gasteiger partial charge in [-0.05, 0) is 31.7 Å². The quantitative estimate of drug-likeness (QED) is 0.777. The molecule has 2 aromatic rings. The Bertz CT molecular complexity index is 772. The van der Waals surface area contributed by atoms with Gasteiger partial charge >= 0.3 is 0 Å². The number of aromatic nitrogens is 2. The van der Waals surface area contributed by atoms with Crippen LogP contribution in [0.15, 0.2) is 24.3 Å².